The molecule has 0 bridgehead atoms. The van der Waals surface area contributed by atoms with Crippen LogP contribution in [0.2, 0.25) is 0 Å². The Morgan fingerprint density at radius 3 is 2.83 bits per heavy atom. The van der Waals surface area contributed by atoms with E-state index in [1.165, 1.54) is 61.8 Å². The van der Waals surface area contributed by atoms with E-state index in [0.717, 1.165) is 12.8 Å². The van der Waals surface area contributed by atoms with Gasteiger partial charge in [0.15, 0.2) is 0 Å². The minimum absolute atomic E-state index is 0.209. The SMILES string of the molecule is CCCCCCC(O)c1cc2c(s1)CCCCC2. The van der Waals surface area contributed by atoms with E-state index < -0.39 is 0 Å². The first-order valence-corrected chi connectivity index (χ1v) is 8.42. The molecule has 1 aliphatic carbocycles. The minimum Gasteiger partial charge on any atom is -0.388 e. The number of aliphatic hydroxyl groups is 1. The normalized spacial score (nSPS) is 17.2. The van der Waals surface area contributed by atoms with Gasteiger partial charge in [-0.25, -0.2) is 0 Å². The minimum atomic E-state index is -0.209. The van der Waals surface area contributed by atoms with Crippen molar-refractivity contribution >= 4 is 11.3 Å². The third kappa shape index (κ3) is 3.83. The Labute approximate surface area is 115 Å². The van der Waals surface area contributed by atoms with Crippen LogP contribution in [0.15, 0.2) is 6.07 Å². The molecule has 0 aliphatic heterocycles. The summed E-state index contributed by atoms with van der Waals surface area (Å²) in [4.78, 5) is 2.77. The average molecular weight is 266 g/mol. The summed E-state index contributed by atoms with van der Waals surface area (Å²) in [5, 5.41) is 10.2. The summed E-state index contributed by atoms with van der Waals surface area (Å²) in [5.74, 6) is 0. The molecule has 1 aromatic heterocycles. The molecule has 18 heavy (non-hydrogen) atoms. The fourth-order valence-electron chi connectivity index (χ4n) is 2.76. The quantitative estimate of drug-likeness (QED) is 0.566. The third-order valence-electron chi connectivity index (χ3n) is 3.93. The first kappa shape index (κ1) is 14.1. The summed E-state index contributed by atoms with van der Waals surface area (Å²) < 4.78 is 0. The van der Waals surface area contributed by atoms with Crippen LogP contribution in [0.3, 0.4) is 0 Å². The highest BCUT2D eigenvalue weighted by Gasteiger charge is 2.16. The Morgan fingerprint density at radius 2 is 2.00 bits per heavy atom. The van der Waals surface area contributed by atoms with E-state index in [1.807, 2.05) is 11.3 Å². The van der Waals surface area contributed by atoms with Crippen molar-refractivity contribution in [2.45, 2.75) is 77.2 Å². The van der Waals surface area contributed by atoms with Crippen molar-refractivity contribution in [1.29, 1.82) is 0 Å². The van der Waals surface area contributed by atoms with E-state index in [9.17, 15) is 5.11 Å². The van der Waals surface area contributed by atoms with Gasteiger partial charge in [0.1, 0.15) is 0 Å². The molecule has 1 nitrogen and oxygen atoms in total. The molecule has 0 saturated carbocycles. The zero-order valence-corrected chi connectivity index (χ0v) is 12.4. The van der Waals surface area contributed by atoms with Gasteiger partial charge in [-0.05, 0) is 43.7 Å². The lowest BCUT2D eigenvalue weighted by Gasteiger charge is -2.07. The molecule has 0 aromatic carbocycles. The van der Waals surface area contributed by atoms with E-state index in [2.05, 4.69) is 13.0 Å². The average Bonchev–Trinajstić information content (AvgIpc) is 2.66. The van der Waals surface area contributed by atoms with Crippen molar-refractivity contribution in [2.75, 3.05) is 0 Å². The molecule has 1 aliphatic rings. The topological polar surface area (TPSA) is 20.2 Å². The van der Waals surface area contributed by atoms with Gasteiger partial charge in [0.25, 0.3) is 0 Å². The molecule has 2 heteroatoms. The van der Waals surface area contributed by atoms with Gasteiger partial charge >= 0.3 is 0 Å². The molecule has 102 valence electrons. The largest absolute Gasteiger partial charge is 0.388 e. The van der Waals surface area contributed by atoms with Crippen molar-refractivity contribution in [1.82, 2.24) is 0 Å². The molecular formula is C16H26OS. The third-order valence-corrected chi connectivity index (χ3v) is 5.26. The monoisotopic (exact) mass is 266 g/mol. The number of hydrogen-bond acceptors (Lipinski definition) is 2. The molecule has 0 spiro atoms. The fraction of sp³-hybridized carbons (Fsp3) is 0.750. The summed E-state index contributed by atoms with van der Waals surface area (Å²) in [6, 6.07) is 2.29. The van der Waals surface area contributed by atoms with Gasteiger partial charge in [-0.3, -0.25) is 0 Å². The molecule has 1 aromatic rings. The Balaban J connectivity index is 1.88. The standard InChI is InChI=1S/C16H26OS/c1-2-3-4-7-10-14(17)16-12-13-9-6-5-8-11-15(13)18-16/h12,14,17H,2-11H2,1H3. The van der Waals surface area contributed by atoms with Gasteiger partial charge < -0.3 is 5.11 Å². The maximum absolute atomic E-state index is 10.2. The van der Waals surface area contributed by atoms with E-state index in [0.29, 0.717) is 0 Å². The van der Waals surface area contributed by atoms with Crippen LogP contribution in [-0.2, 0) is 12.8 Å². The molecule has 0 saturated heterocycles. The zero-order chi connectivity index (χ0) is 12.8. The van der Waals surface area contributed by atoms with Crippen LogP contribution in [0, 0.1) is 0 Å². The van der Waals surface area contributed by atoms with Gasteiger partial charge in [0.2, 0.25) is 0 Å². The Morgan fingerprint density at radius 1 is 1.17 bits per heavy atom. The molecule has 1 unspecified atom stereocenters. The van der Waals surface area contributed by atoms with Crippen LogP contribution >= 0.6 is 11.3 Å². The van der Waals surface area contributed by atoms with E-state index in [1.54, 1.807) is 4.88 Å². The molecule has 1 heterocycles. The molecule has 1 N–H and O–H groups in total. The molecule has 1 atom stereocenters. The van der Waals surface area contributed by atoms with Gasteiger partial charge in [0.05, 0.1) is 6.10 Å². The zero-order valence-electron chi connectivity index (χ0n) is 11.6. The highest BCUT2D eigenvalue weighted by atomic mass is 32.1. The van der Waals surface area contributed by atoms with Crippen LogP contribution in [0.4, 0.5) is 0 Å². The smallest absolute Gasteiger partial charge is 0.0882 e. The van der Waals surface area contributed by atoms with E-state index >= 15 is 0 Å². The second kappa shape index (κ2) is 7.30. The molecule has 0 radical (unpaired) electrons. The second-order valence-electron chi connectivity index (χ2n) is 5.52. The maximum atomic E-state index is 10.2. The molecule has 2 rings (SSSR count). The van der Waals surface area contributed by atoms with Crippen LogP contribution in [0.5, 0.6) is 0 Å². The maximum Gasteiger partial charge on any atom is 0.0882 e. The fourth-order valence-corrected chi connectivity index (χ4v) is 4.04. The highest BCUT2D eigenvalue weighted by Crippen LogP contribution is 2.33. The first-order valence-electron chi connectivity index (χ1n) is 7.60. The summed E-state index contributed by atoms with van der Waals surface area (Å²) in [5.41, 5.74) is 1.53. The van der Waals surface area contributed by atoms with Crippen molar-refractivity contribution < 1.29 is 5.11 Å². The van der Waals surface area contributed by atoms with Crippen LogP contribution in [-0.4, -0.2) is 5.11 Å². The van der Waals surface area contributed by atoms with Crippen LogP contribution in [0.1, 0.15) is 79.7 Å². The van der Waals surface area contributed by atoms with Gasteiger partial charge in [-0.1, -0.05) is 39.0 Å². The van der Waals surface area contributed by atoms with Crippen LogP contribution < -0.4 is 0 Å². The summed E-state index contributed by atoms with van der Waals surface area (Å²) in [7, 11) is 0. The number of hydrogen-bond donors (Lipinski definition) is 1. The molecule has 0 amide bonds. The van der Waals surface area contributed by atoms with Crippen molar-refractivity contribution in [3.8, 4) is 0 Å². The lowest BCUT2D eigenvalue weighted by Crippen LogP contribution is -1.94. The first-order chi connectivity index (χ1) is 8.81. The number of fused-ring (bicyclic) bond motifs is 1. The molecular weight excluding hydrogens is 240 g/mol. The van der Waals surface area contributed by atoms with Crippen molar-refractivity contribution in [3.63, 3.8) is 0 Å². The number of rotatable bonds is 6. The van der Waals surface area contributed by atoms with E-state index in [4.69, 9.17) is 0 Å². The Hall–Kier alpha value is -0.340. The Kier molecular flexibility index (Phi) is 5.71. The molecule has 0 fully saturated rings. The van der Waals surface area contributed by atoms with Crippen molar-refractivity contribution in [3.05, 3.63) is 21.4 Å². The summed E-state index contributed by atoms with van der Waals surface area (Å²) in [6.07, 6.45) is 12.2. The second-order valence-corrected chi connectivity index (χ2v) is 6.69. The number of unbranched alkanes of at least 4 members (excludes halogenated alkanes) is 3. The van der Waals surface area contributed by atoms with Gasteiger partial charge in [-0.2, -0.15) is 0 Å². The number of aliphatic hydroxyl groups excluding tert-OH is 1. The van der Waals surface area contributed by atoms with Crippen molar-refractivity contribution in [2.24, 2.45) is 0 Å². The Bertz CT molecular complexity index is 332. The van der Waals surface area contributed by atoms with E-state index in [-0.39, 0.29) is 6.10 Å². The summed E-state index contributed by atoms with van der Waals surface area (Å²) >= 11 is 1.87. The van der Waals surface area contributed by atoms with Gasteiger partial charge in [0, 0.05) is 9.75 Å². The lowest BCUT2D eigenvalue weighted by molar-refractivity contribution is 0.167. The number of aryl methyl sites for hydroxylation is 2. The van der Waals surface area contributed by atoms with Crippen LogP contribution in [0.25, 0.3) is 0 Å². The summed E-state index contributed by atoms with van der Waals surface area (Å²) in [6.45, 7) is 2.23. The lowest BCUT2D eigenvalue weighted by atomic mass is 10.1. The predicted molar refractivity (Wildman–Crippen MR) is 79.3 cm³/mol. The van der Waals surface area contributed by atoms with Gasteiger partial charge in [-0.15, -0.1) is 11.3 Å². The predicted octanol–water partition coefficient (Wildman–Crippen LogP) is 5.02. The highest BCUT2D eigenvalue weighted by molar-refractivity contribution is 7.12. The number of thiophene rings is 1.